The minimum absolute atomic E-state index is 0.0186. The highest BCUT2D eigenvalue weighted by atomic mass is 35.5. The van der Waals surface area contributed by atoms with Crippen LogP contribution >= 0.6 is 11.6 Å². The van der Waals surface area contributed by atoms with Crippen LogP contribution in [0.15, 0.2) is 40.2 Å². The average molecular weight is 224 g/mol. The van der Waals surface area contributed by atoms with Gasteiger partial charge in [-0.25, -0.2) is 9.36 Å². The number of nitrogens with zero attached hydrogens (tertiary/aromatic N) is 2. The number of halogens is 1. The maximum atomic E-state index is 11.5. The first-order chi connectivity index (χ1) is 7.18. The number of H-pyrrole nitrogens is 1. The van der Waals surface area contributed by atoms with Gasteiger partial charge in [0.15, 0.2) is 0 Å². The molecule has 0 spiro atoms. The van der Waals surface area contributed by atoms with E-state index in [1.165, 1.54) is 6.20 Å². The van der Waals surface area contributed by atoms with Crippen molar-refractivity contribution in [2.75, 3.05) is 0 Å². The van der Waals surface area contributed by atoms with E-state index in [0.717, 1.165) is 10.6 Å². The quantitative estimate of drug-likeness (QED) is 0.719. The first-order valence-corrected chi connectivity index (χ1v) is 4.48. The zero-order valence-corrected chi connectivity index (χ0v) is 8.23. The van der Waals surface area contributed by atoms with Crippen molar-refractivity contribution in [2.45, 2.75) is 0 Å². The van der Waals surface area contributed by atoms with Gasteiger partial charge in [-0.3, -0.25) is 14.8 Å². The lowest BCUT2D eigenvalue weighted by molar-refractivity contribution is 0.870. The van der Waals surface area contributed by atoms with Crippen LogP contribution in [0.3, 0.4) is 0 Å². The molecule has 0 atom stereocenters. The molecule has 0 saturated heterocycles. The molecule has 15 heavy (non-hydrogen) atoms. The van der Waals surface area contributed by atoms with Crippen LogP contribution in [-0.2, 0) is 0 Å². The Morgan fingerprint density at radius 1 is 1.40 bits per heavy atom. The Balaban J connectivity index is 2.75. The summed E-state index contributed by atoms with van der Waals surface area (Å²) in [5.74, 6) is 0. The van der Waals surface area contributed by atoms with E-state index in [2.05, 4.69) is 9.97 Å². The highest BCUT2D eigenvalue weighted by Gasteiger charge is 2.04. The average Bonchev–Trinajstić information content (AvgIpc) is 2.17. The number of rotatable bonds is 1. The van der Waals surface area contributed by atoms with Gasteiger partial charge in [0.1, 0.15) is 5.15 Å². The van der Waals surface area contributed by atoms with Crippen LogP contribution in [0.1, 0.15) is 0 Å². The summed E-state index contributed by atoms with van der Waals surface area (Å²) in [5, 5.41) is 0.0186. The molecule has 0 amide bonds. The molecular formula is C9H6ClN3O2. The Hall–Kier alpha value is -1.88. The lowest BCUT2D eigenvalue weighted by Crippen LogP contribution is -2.32. The van der Waals surface area contributed by atoms with E-state index in [-0.39, 0.29) is 5.15 Å². The van der Waals surface area contributed by atoms with Crippen LogP contribution in [-0.4, -0.2) is 14.5 Å². The fourth-order valence-corrected chi connectivity index (χ4v) is 1.37. The predicted octanol–water partition coefficient (Wildman–Crippen LogP) is 0.574. The SMILES string of the molecule is O=c1cc(Cl)[nH]c(=O)n1-c1cccnc1. The van der Waals surface area contributed by atoms with E-state index in [0.29, 0.717) is 5.69 Å². The highest BCUT2D eigenvalue weighted by Crippen LogP contribution is 1.99. The first-order valence-electron chi connectivity index (χ1n) is 4.11. The normalized spacial score (nSPS) is 10.2. The van der Waals surface area contributed by atoms with Crippen molar-refractivity contribution in [3.8, 4) is 5.69 Å². The van der Waals surface area contributed by atoms with Crippen molar-refractivity contribution < 1.29 is 0 Å². The lowest BCUT2D eigenvalue weighted by atomic mass is 10.4. The molecule has 0 radical (unpaired) electrons. The largest absolute Gasteiger partial charge is 0.334 e. The molecule has 0 aliphatic carbocycles. The molecule has 2 aromatic heterocycles. The number of aromatic nitrogens is 3. The second-order valence-corrected chi connectivity index (χ2v) is 3.21. The molecule has 0 fully saturated rings. The van der Waals surface area contributed by atoms with Crippen LogP contribution < -0.4 is 11.2 Å². The van der Waals surface area contributed by atoms with E-state index in [1.807, 2.05) is 0 Å². The summed E-state index contributed by atoms with van der Waals surface area (Å²) in [5.41, 5.74) is -0.669. The number of nitrogens with one attached hydrogen (secondary N) is 1. The molecule has 5 nitrogen and oxygen atoms in total. The summed E-state index contributed by atoms with van der Waals surface area (Å²) >= 11 is 5.53. The molecule has 0 bridgehead atoms. The summed E-state index contributed by atoms with van der Waals surface area (Å²) in [6.07, 6.45) is 2.98. The van der Waals surface area contributed by atoms with Gasteiger partial charge in [-0.05, 0) is 12.1 Å². The third kappa shape index (κ3) is 1.82. The molecule has 0 aliphatic heterocycles. The Labute approximate surface area is 89.0 Å². The zero-order valence-electron chi connectivity index (χ0n) is 7.48. The molecule has 0 unspecified atom stereocenters. The summed E-state index contributed by atoms with van der Waals surface area (Å²) < 4.78 is 0.957. The van der Waals surface area contributed by atoms with Gasteiger partial charge in [0, 0.05) is 12.3 Å². The molecule has 6 heteroatoms. The topological polar surface area (TPSA) is 67.8 Å². The Kier molecular flexibility index (Phi) is 2.39. The maximum Gasteiger partial charge on any atom is 0.334 e. The first kappa shape index (κ1) is 9.67. The molecular weight excluding hydrogens is 218 g/mol. The van der Waals surface area contributed by atoms with Crippen molar-refractivity contribution in [2.24, 2.45) is 0 Å². The Morgan fingerprint density at radius 3 is 2.80 bits per heavy atom. The van der Waals surface area contributed by atoms with Gasteiger partial charge in [-0.2, -0.15) is 0 Å². The molecule has 1 N–H and O–H groups in total. The minimum Gasteiger partial charge on any atom is -0.297 e. The summed E-state index contributed by atoms with van der Waals surface area (Å²) in [6.45, 7) is 0. The van der Waals surface area contributed by atoms with E-state index in [4.69, 9.17) is 11.6 Å². The van der Waals surface area contributed by atoms with E-state index in [1.54, 1.807) is 18.3 Å². The van der Waals surface area contributed by atoms with Gasteiger partial charge in [0.25, 0.3) is 5.56 Å². The molecule has 0 aromatic carbocycles. The summed E-state index contributed by atoms with van der Waals surface area (Å²) in [4.78, 5) is 29.1. The van der Waals surface area contributed by atoms with E-state index in [9.17, 15) is 9.59 Å². The van der Waals surface area contributed by atoms with Crippen molar-refractivity contribution in [3.63, 3.8) is 0 Å². The van der Waals surface area contributed by atoms with Crippen molar-refractivity contribution in [1.29, 1.82) is 0 Å². The van der Waals surface area contributed by atoms with E-state index < -0.39 is 11.2 Å². The third-order valence-electron chi connectivity index (χ3n) is 1.80. The lowest BCUT2D eigenvalue weighted by Gasteiger charge is -2.02. The standard InChI is InChI=1S/C9H6ClN3O2/c10-7-4-8(14)13(9(15)12-7)6-2-1-3-11-5-6/h1-5H,(H,12,15). The second kappa shape index (κ2) is 3.70. The van der Waals surface area contributed by atoms with Gasteiger partial charge < -0.3 is 0 Å². The van der Waals surface area contributed by atoms with Gasteiger partial charge in [0.2, 0.25) is 0 Å². The van der Waals surface area contributed by atoms with Gasteiger partial charge in [0.05, 0.1) is 11.9 Å². The van der Waals surface area contributed by atoms with Crippen molar-refractivity contribution in [1.82, 2.24) is 14.5 Å². The van der Waals surface area contributed by atoms with Crippen LogP contribution in [0, 0.1) is 0 Å². The number of aromatic amines is 1. The minimum atomic E-state index is -0.583. The summed E-state index contributed by atoms with van der Waals surface area (Å²) in [6, 6.07) is 4.38. The predicted molar refractivity (Wildman–Crippen MR) is 55.5 cm³/mol. The molecule has 76 valence electrons. The molecule has 2 heterocycles. The third-order valence-corrected chi connectivity index (χ3v) is 2.01. The molecule has 2 aromatic rings. The fourth-order valence-electron chi connectivity index (χ4n) is 1.20. The van der Waals surface area contributed by atoms with Crippen molar-refractivity contribution in [3.05, 3.63) is 56.6 Å². The van der Waals surface area contributed by atoms with Crippen LogP contribution in [0.5, 0.6) is 0 Å². The monoisotopic (exact) mass is 223 g/mol. The van der Waals surface area contributed by atoms with Crippen LogP contribution in [0.2, 0.25) is 5.15 Å². The Bertz CT molecular complexity index is 557. The van der Waals surface area contributed by atoms with Gasteiger partial charge in [-0.1, -0.05) is 11.6 Å². The van der Waals surface area contributed by atoms with Gasteiger partial charge in [-0.15, -0.1) is 0 Å². The highest BCUT2D eigenvalue weighted by molar-refractivity contribution is 6.29. The Morgan fingerprint density at radius 2 is 2.20 bits per heavy atom. The second-order valence-electron chi connectivity index (χ2n) is 2.81. The number of pyridine rings is 1. The molecule has 0 saturated carbocycles. The number of hydrogen-bond donors (Lipinski definition) is 1. The number of hydrogen-bond acceptors (Lipinski definition) is 3. The smallest absolute Gasteiger partial charge is 0.297 e. The molecule has 0 aliphatic rings. The van der Waals surface area contributed by atoms with E-state index >= 15 is 0 Å². The summed E-state index contributed by atoms with van der Waals surface area (Å²) in [7, 11) is 0. The van der Waals surface area contributed by atoms with Crippen LogP contribution in [0.25, 0.3) is 5.69 Å². The fraction of sp³-hybridized carbons (Fsp3) is 0. The van der Waals surface area contributed by atoms with Crippen LogP contribution in [0.4, 0.5) is 0 Å². The van der Waals surface area contributed by atoms with Crippen molar-refractivity contribution >= 4 is 11.6 Å². The zero-order chi connectivity index (χ0) is 10.8. The maximum absolute atomic E-state index is 11.5. The van der Waals surface area contributed by atoms with Gasteiger partial charge >= 0.3 is 5.69 Å². The molecule has 2 rings (SSSR count).